The van der Waals surface area contributed by atoms with Gasteiger partial charge in [0, 0.05) is 31.1 Å². The maximum absolute atomic E-state index is 13.3. The maximum Gasteiger partial charge on any atom is 0.242 e. The summed E-state index contributed by atoms with van der Waals surface area (Å²) < 4.78 is 31.5. The van der Waals surface area contributed by atoms with Crippen molar-refractivity contribution in [3.05, 3.63) is 59.1 Å². The van der Waals surface area contributed by atoms with Crippen LogP contribution < -0.4 is 14.4 Å². The number of rotatable bonds is 13. The standard InChI is InChI=1S/C25H34ClN3O5S/c1-5-16-27-25(31)19(2)28(18-20-12-14-21(26)15-13-20)24(30)11-8-17-29(35(4,32)33)22-9-6-7-10-23(22)34-3/h6-7,9-10,12-15,19H,5,8,11,16-18H2,1-4H3,(H,27,31)/t19-/m1/s1. The zero-order chi connectivity index (χ0) is 26.0. The second kappa shape index (κ2) is 13.3. The van der Waals surface area contributed by atoms with Crippen LogP contribution >= 0.6 is 11.6 Å². The Morgan fingerprint density at radius 2 is 1.77 bits per heavy atom. The summed E-state index contributed by atoms with van der Waals surface area (Å²) in [5.74, 6) is -0.0524. The number of nitrogens with one attached hydrogen (secondary N) is 1. The number of methoxy groups -OCH3 is 1. The van der Waals surface area contributed by atoms with Crippen molar-refractivity contribution < 1.29 is 22.7 Å². The first-order chi connectivity index (χ1) is 16.6. The molecule has 0 aliphatic carbocycles. The zero-order valence-corrected chi connectivity index (χ0v) is 22.2. The van der Waals surface area contributed by atoms with E-state index in [0.717, 1.165) is 18.2 Å². The molecule has 35 heavy (non-hydrogen) atoms. The van der Waals surface area contributed by atoms with E-state index in [1.54, 1.807) is 43.3 Å². The molecule has 8 nitrogen and oxygen atoms in total. The number of halogens is 1. The minimum atomic E-state index is -3.61. The number of para-hydroxylation sites is 2. The molecule has 0 aliphatic heterocycles. The Balaban J connectivity index is 2.17. The number of hydrogen-bond donors (Lipinski definition) is 1. The van der Waals surface area contributed by atoms with E-state index in [9.17, 15) is 18.0 Å². The van der Waals surface area contributed by atoms with Gasteiger partial charge in [-0.3, -0.25) is 13.9 Å². The number of carbonyl (C=O) groups is 2. The van der Waals surface area contributed by atoms with Gasteiger partial charge in [-0.05, 0) is 49.6 Å². The molecule has 192 valence electrons. The number of anilines is 1. The number of ether oxygens (including phenoxy) is 1. The van der Waals surface area contributed by atoms with E-state index in [0.29, 0.717) is 23.0 Å². The van der Waals surface area contributed by atoms with Crippen LogP contribution in [0.1, 0.15) is 38.7 Å². The van der Waals surface area contributed by atoms with Crippen LogP contribution in [0.5, 0.6) is 5.75 Å². The summed E-state index contributed by atoms with van der Waals surface area (Å²) in [7, 11) is -2.13. The summed E-state index contributed by atoms with van der Waals surface area (Å²) in [5, 5.41) is 3.42. The highest BCUT2D eigenvalue weighted by Gasteiger charge is 2.27. The van der Waals surface area contributed by atoms with Crippen LogP contribution in [0, 0.1) is 0 Å². The third-order valence-electron chi connectivity index (χ3n) is 5.49. The fourth-order valence-electron chi connectivity index (χ4n) is 3.58. The van der Waals surface area contributed by atoms with Crippen LogP contribution in [0.15, 0.2) is 48.5 Å². The van der Waals surface area contributed by atoms with Crippen molar-refractivity contribution in [3.8, 4) is 5.75 Å². The van der Waals surface area contributed by atoms with Gasteiger partial charge < -0.3 is 15.0 Å². The number of benzene rings is 2. The Hall–Kier alpha value is -2.78. The topological polar surface area (TPSA) is 96.0 Å². The molecule has 2 amide bonds. The van der Waals surface area contributed by atoms with Gasteiger partial charge in [-0.25, -0.2) is 8.42 Å². The number of hydrogen-bond acceptors (Lipinski definition) is 5. The predicted octanol–water partition coefficient (Wildman–Crippen LogP) is 3.84. The number of sulfonamides is 1. The van der Waals surface area contributed by atoms with Crippen LogP contribution in [0.2, 0.25) is 5.02 Å². The fraction of sp³-hybridized carbons (Fsp3) is 0.440. The van der Waals surface area contributed by atoms with E-state index in [1.807, 2.05) is 19.1 Å². The quantitative estimate of drug-likeness (QED) is 0.430. The molecule has 1 atom stereocenters. The summed E-state index contributed by atoms with van der Waals surface area (Å²) >= 11 is 5.98. The summed E-state index contributed by atoms with van der Waals surface area (Å²) in [5.41, 5.74) is 1.25. The molecule has 10 heteroatoms. The Bertz CT molecular complexity index is 1090. The first-order valence-electron chi connectivity index (χ1n) is 11.5. The lowest BCUT2D eigenvalue weighted by atomic mass is 10.1. The maximum atomic E-state index is 13.3. The monoisotopic (exact) mass is 523 g/mol. The van der Waals surface area contributed by atoms with Gasteiger partial charge in [0.25, 0.3) is 0 Å². The smallest absolute Gasteiger partial charge is 0.242 e. The Labute approximate surface area is 213 Å². The van der Waals surface area contributed by atoms with E-state index in [-0.39, 0.29) is 37.7 Å². The highest BCUT2D eigenvalue weighted by atomic mass is 35.5. The van der Waals surface area contributed by atoms with Gasteiger partial charge in [-0.15, -0.1) is 0 Å². The van der Waals surface area contributed by atoms with Crippen molar-refractivity contribution in [2.24, 2.45) is 0 Å². The summed E-state index contributed by atoms with van der Waals surface area (Å²) in [4.78, 5) is 27.4. The highest BCUT2D eigenvalue weighted by molar-refractivity contribution is 7.92. The van der Waals surface area contributed by atoms with Crippen molar-refractivity contribution in [1.82, 2.24) is 10.2 Å². The molecule has 2 aromatic rings. The van der Waals surface area contributed by atoms with Crippen molar-refractivity contribution in [3.63, 3.8) is 0 Å². The molecular weight excluding hydrogens is 490 g/mol. The average molecular weight is 524 g/mol. The molecule has 0 heterocycles. The van der Waals surface area contributed by atoms with Crippen LogP contribution in [0.4, 0.5) is 5.69 Å². The van der Waals surface area contributed by atoms with Gasteiger partial charge in [-0.2, -0.15) is 0 Å². The molecule has 0 unspecified atom stereocenters. The molecule has 0 aliphatic rings. The summed E-state index contributed by atoms with van der Waals surface area (Å²) in [6.45, 7) is 4.50. The van der Waals surface area contributed by atoms with E-state index >= 15 is 0 Å². The van der Waals surface area contributed by atoms with Crippen molar-refractivity contribution in [2.45, 2.75) is 45.7 Å². The Morgan fingerprint density at radius 3 is 2.37 bits per heavy atom. The lowest BCUT2D eigenvalue weighted by Gasteiger charge is -2.29. The van der Waals surface area contributed by atoms with Crippen LogP contribution in [0.25, 0.3) is 0 Å². The third-order valence-corrected chi connectivity index (χ3v) is 6.92. The van der Waals surface area contributed by atoms with Crippen molar-refractivity contribution in [1.29, 1.82) is 0 Å². The van der Waals surface area contributed by atoms with E-state index < -0.39 is 16.1 Å². The SMILES string of the molecule is CCCNC(=O)[C@@H](C)N(Cc1ccc(Cl)cc1)C(=O)CCCN(c1ccccc1OC)S(C)(=O)=O. The first kappa shape index (κ1) is 28.5. The Morgan fingerprint density at radius 1 is 1.11 bits per heavy atom. The molecule has 1 N–H and O–H groups in total. The van der Waals surface area contributed by atoms with Crippen LogP contribution in [-0.2, 0) is 26.2 Å². The van der Waals surface area contributed by atoms with E-state index in [4.69, 9.17) is 16.3 Å². The van der Waals surface area contributed by atoms with E-state index in [2.05, 4.69) is 5.32 Å². The van der Waals surface area contributed by atoms with Crippen LogP contribution in [-0.4, -0.2) is 57.6 Å². The molecule has 0 fully saturated rings. The normalized spacial score (nSPS) is 12.0. The van der Waals surface area contributed by atoms with Gasteiger partial charge in [0.15, 0.2) is 0 Å². The van der Waals surface area contributed by atoms with Crippen LogP contribution in [0.3, 0.4) is 0 Å². The molecule has 2 aromatic carbocycles. The predicted molar refractivity (Wildman–Crippen MR) is 139 cm³/mol. The van der Waals surface area contributed by atoms with Gasteiger partial charge in [-0.1, -0.05) is 42.8 Å². The fourth-order valence-corrected chi connectivity index (χ4v) is 4.68. The highest BCUT2D eigenvalue weighted by Crippen LogP contribution is 2.29. The van der Waals surface area contributed by atoms with Gasteiger partial charge in [0.05, 0.1) is 19.1 Å². The first-order valence-corrected chi connectivity index (χ1v) is 13.7. The molecular formula is C25H34ClN3O5S. The van der Waals surface area contributed by atoms with Crippen molar-refractivity contribution in [2.75, 3.05) is 30.8 Å². The molecule has 0 saturated heterocycles. The molecule has 0 radical (unpaired) electrons. The third kappa shape index (κ3) is 8.43. The second-order valence-corrected chi connectivity index (χ2v) is 10.6. The molecule has 0 saturated carbocycles. The van der Waals surface area contributed by atoms with Gasteiger partial charge >= 0.3 is 0 Å². The Kier molecular flexibility index (Phi) is 10.9. The average Bonchev–Trinajstić information content (AvgIpc) is 2.83. The number of carbonyl (C=O) groups excluding carboxylic acids is 2. The number of nitrogens with zero attached hydrogens (tertiary/aromatic N) is 2. The largest absolute Gasteiger partial charge is 0.495 e. The zero-order valence-electron chi connectivity index (χ0n) is 20.7. The van der Waals surface area contributed by atoms with E-state index in [1.165, 1.54) is 16.3 Å². The molecule has 0 spiro atoms. The number of amides is 2. The molecule has 0 bridgehead atoms. The van der Waals surface area contributed by atoms with Gasteiger partial charge in [0.1, 0.15) is 11.8 Å². The van der Waals surface area contributed by atoms with Crippen molar-refractivity contribution >= 4 is 39.1 Å². The minimum Gasteiger partial charge on any atom is -0.495 e. The van der Waals surface area contributed by atoms with Gasteiger partial charge in [0.2, 0.25) is 21.8 Å². The molecule has 0 aromatic heterocycles. The lowest BCUT2D eigenvalue weighted by Crippen LogP contribution is -2.47. The minimum absolute atomic E-state index is 0.0696. The molecule has 2 rings (SSSR count). The second-order valence-electron chi connectivity index (χ2n) is 8.23. The summed E-state index contributed by atoms with van der Waals surface area (Å²) in [6.07, 6.45) is 2.24. The summed E-state index contributed by atoms with van der Waals surface area (Å²) in [6, 6.07) is 13.2. The lowest BCUT2D eigenvalue weighted by molar-refractivity contribution is -0.140.